The molecule has 0 spiro atoms. The van der Waals surface area contributed by atoms with Crippen molar-refractivity contribution < 1.29 is 19.5 Å². The van der Waals surface area contributed by atoms with Crippen LogP contribution in [0.1, 0.15) is 39.2 Å². The van der Waals surface area contributed by atoms with Crippen LogP contribution in [0, 0.1) is 17.8 Å². The molecule has 0 radical (unpaired) electrons. The minimum absolute atomic E-state index is 0.0894. The van der Waals surface area contributed by atoms with Gasteiger partial charge in [0.25, 0.3) is 0 Å². The SMILES string of the molecule is CNCC(Cc1ccccc1)C(=O)C[C@H](C(=O)N[C@@H](CCN)C(=O)C(C)C)[C@H](C)O. The molecule has 168 valence electrons. The lowest BCUT2D eigenvalue weighted by Gasteiger charge is -2.25. The van der Waals surface area contributed by atoms with Crippen molar-refractivity contribution >= 4 is 17.5 Å². The summed E-state index contributed by atoms with van der Waals surface area (Å²) in [4.78, 5) is 38.2. The van der Waals surface area contributed by atoms with Gasteiger partial charge in [-0.3, -0.25) is 14.4 Å². The predicted molar refractivity (Wildman–Crippen MR) is 118 cm³/mol. The zero-order valence-electron chi connectivity index (χ0n) is 18.6. The maximum atomic E-state index is 13.0. The lowest BCUT2D eigenvalue weighted by atomic mass is 9.87. The van der Waals surface area contributed by atoms with Gasteiger partial charge in [-0.15, -0.1) is 0 Å². The van der Waals surface area contributed by atoms with Gasteiger partial charge < -0.3 is 21.5 Å². The molecule has 7 nitrogen and oxygen atoms in total. The molecule has 0 aliphatic carbocycles. The molecule has 7 heteroatoms. The van der Waals surface area contributed by atoms with Crippen LogP contribution in [0.5, 0.6) is 0 Å². The monoisotopic (exact) mass is 419 g/mol. The van der Waals surface area contributed by atoms with E-state index in [0.717, 1.165) is 5.56 Å². The van der Waals surface area contributed by atoms with Gasteiger partial charge in [0.1, 0.15) is 5.78 Å². The summed E-state index contributed by atoms with van der Waals surface area (Å²) in [5.74, 6) is -2.19. The third kappa shape index (κ3) is 8.34. The Labute approximate surface area is 179 Å². The molecule has 0 fully saturated rings. The van der Waals surface area contributed by atoms with Crippen LogP contribution in [0.15, 0.2) is 30.3 Å². The Morgan fingerprint density at radius 1 is 1.10 bits per heavy atom. The molecule has 5 N–H and O–H groups in total. The molecular weight excluding hydrogens is 382 g/mol. The highest BCUT2D eigenvalue weighted by Crippen LogP contribution is 2.18. The highest BCUT2D eigenvalue weighted by atomic mass is 16.3. The molecule has 1 unspecified atom stereocenters. The second kappa shape index (κ2) is 13.3. The molecule has 1 aromatic carbocycles. The van der Waals surface area contributed by atoms with E-state index in [1.165, 1.54) is 6.92 Å². The number of amides is 1. The van der Waals surface area contributed by atoms with Gasteiger partial charge in [-0.1, -0.05) is 44.2 Å². The van der Waals surface area contributed by atoms with E-state index in [4.69, 9.17) is 5.73 Å². The highest BCUT2D eigenvalue weighted by molar-refractivity contribution is 5.93. The zero-order valence-corrected chi connectivity index (χ0v) is 18.6. The van der Waals surface area contributed by atoms with Crippen molar-refractivity contribution in [2.24, 2.45) is 23.5 Å². The second-order valence-electron chi connectivity index (χ2n) is 8.16. The summed E-state index contributed by atoms with van der Waals surface area (Å²) in [5, 5.41) is 15.9. The van der Waals surface area contributed by atoms with E-state index in [0.29, 0.717) is 19.4 Å². The van der Waals surface area contributed by atoms with Gasteiger partial charge in [0.15, 0.2) is 5.78 Å². The van der Waals surface area contributed by atoms with Crippen molar-refractivity contribution in [2.75, 3.05) is 20.1 Å². The van der Waals surface area contributed by atoms with Gasteiger partial charge >= 0.3 is 0 Å². The first-order chi connectivity index (χ1) is 14.2. The van der Waals surface area contributed by atoms with Gasteiger partial charge in [0.2, 0.25) is 5.91 Å². The number of hydrogen-bond acceptors (Lipinski definition) is 6. The van der Waals surface area contributed by atoms with Gasteiger partial charge in [0, 0.05) is 24.8 Å². The van der Waals surface area contributed by atoms with Crippen LogP contribution in [-0.4, -0.2) is 54.9 Å². The van der Waals surface area contributed by atoms with E-state index >= 15 is 0 Å². The Balaban J connectivity index is 2.89. The fraction of sp³-hybridized carbons (Fsp3) is 0.609. The summed E-state index contributed by atoms with van der Waals surface area (Å²) in [6.07, 6.45) is -0.238. The number of hydrogen-bond donors (Lipinski definition) is 4. The average molecular weight is 420 g/mol. The molecule has 0 aliphatic heterocycles. The fourth-order valence-electron chi connectivity index (χ4n) is 3.44. The first kappa shape index (κ1) is 25.9. The zero-order chi connectivity index (χ0) is 22.7. The van der Waals surface area contributed by atoms with Gasteiger partial charge in [0.05, 0.1) is 18.1 Å². The van der Waals surface area contributed by atoms with Crippen LogP contribution in [0.2, 0.25) is 0 Å². The molecule has 30 heavy (non-hydrogen) atoms. The summed E-state index contributed by atoms with van der Waals surface area (Å²) in [6.45, 7) is 5.75. The molecule has 1 amide bonds. The molecule has 0 aromatic heterocycles. The summed E-state index contributed by atoms with van der Waals surface area (Å²) in [7, 11) is 1.78. The van der Waals surface area contributed by atoms with Crippen molar-refractivity contribution in [3.63, 3.8) is 0 Å². The van der Waals surface area contributed by atoms with Crippen LogP contribution in [-0.2, 0) is 20.8 Å². The van der Waals surface area contributed by atoms with Gasteiger partial charge in [-0.2, -0.15) is 0 Å². The number of ketones is 2. The summed E-state index contributed by atoms with van der Waals surface area (Å²) in [5.41, 5.74) is 6.63. The third-order valence-corrected chi connectivity index (χ3v) is 5.26. The largest absolute Gasteiger partial charge is 0.393 e. The number of carbonyl (C=O) groups is 3. The van der Waals surface area contributed by atoms with Gasteiger partial charge in [-0.25, -0.2) is 0 Å². The van der Waals surface area contributed by atoms with Crippen LogP contribution < -0.4 is 16.4 Å². The normalized spacial score (nSPS) is 15.3. The van der Waals surface area contributed by atoms with Crippen molar-refractivity contribution in [3.8, 4) is 0 Å². The van der Waals surface area contributed by atoms with Crippen molar-refractivity contribution in [1.82, 2.24) is 10.6 Å². The van der Waals surface area contributed by atoms with Crippen molar-refractivity contribution in [2.45, 2.75) is 52.2 Å². The molecule has 4 atom stereocenters. The topological polar surface area (TPSA) is 122 Å². The molecule has 0 saturated carbocycles. The predicted octanol–water partition coefficient (Wildman–Crippen LogP) is 1.08. The lowest BCUT2D eigenvalue weighted by molar-refractivity contribution is -0.136. The smallest absolute Gasteiger partial charge is 0.226 e. The Morgan fingerprint density at radius 2 is 1.73 bits per heavy atom. The van der Waals surface area contributed by atoms with Crippen molar-refractivity contribution in [1.29, 1.82) is 0 Å². The molecule has 0 saturated heterocycles. The Morgan fingerprint density at radius 3 is 2.23 bits per heavy atom. The van der Waals surface area contributed by atoms with Crippen LogP contribution in [0.4, 0.5) is 0 Å². The fourth-order valence-corrected chi connectivity index (χ4v) is 3.44. The first-order valence-electron chi connectivity index (χ1n) is 10.6. The lowest BCUT2D eigenvalue weighted by Crippen LogP contribution is -2.48. The van der Waals surface area contributed by atoms with Crippen LogP contribution in [0.25, 0.3) is 0 Å². The molecule has 1 rings (SSSR count). The Bertz CT molecular complexity index is 676. The van der Waals surface area contributed by atoms with E-state index < -0.39 is 24.0 Å². The number of Topliss-reactive ketones (excluding diaryl/α,β-unsaturated/α-hetero) is 2. The second-order valence-corrected chi connectivity index (χ2v) is 8.16. The highest BCUT2D eigenvalue weighted by Gasteiger charge is 2.32. The molecule has 0 bridgehead atoms. The maximum Gasteiger partial charge on any atom is 0.226 e. The van der Waals surface area contributed by atoms with E-state index in [2.05, 4.69) is 10.6 Å². The van der Waals surface area contributed by atoms with E-state index in [1.54, 1.807) is 20.9 Å². The third-order valence-electron chi connectivity index (χ3n) is 5.26. The number of aliphatic hydroxyl groups is 1. The molecular formula is C23H37N3O4. The number of nitrogens with two attached hydrogens (primary N) is 1. The van der Waals surface area contributed by atoms with E-state index in [9.17, 15) is 19.5 Å². The quantitative estimate of drug-likeness (QED) is 0.358. The summed E-state index contributed by atoms with van der Waals surface area (Å²) < 4.78 is 0. The molecule has 0 aliphatic rings. The minimum Gasteiger partial charge on any atom is -0.393 e. The Kier molecular flexibility index (Phi) is 11.5. The van der Waals surface area contributed by atoms with Crippen LogP contribution in [0.3, 0.4) is 0 Å². The summed E-state index contributed by atoms with van der Waals surface area (Å²) in [6, 6.07) is 8.98. The number of rotatable bonds is 14. The number of carbonyl (C=O) groups excluding carboxylic acids is 3. The average Bonchev–Trinajstić information content (AvgIpc) is 2.70. The van der Waals surface area contributed by atoms with Gasteiger partial charge in [-0.05, 0) is 38.9 Å². The maximum absolute atomic E-state index is 13.0. The van der Waals surface area contributed by atoms with Crippen molar-refractivity contribution in [3.05, 3.63) is 35.9 Å². The minimum atomic E-state index is -1.02. The first-order valence-corrected chi connectivity index (χ1v) is 10.6. The van der Waals surface area contributed by atoms with Crippen LogP contribution >= 0.6 is 0 Å². The molecule has 1 aromatic rings. The van der Waals surface area contributed by atoms with E-state index in [1.807, 2.05) is 30.3 Å². The standard InChI is InChI=1S/C23H37N3O4/c1-15(2)22(29)20(10-11-24)26-23(30)19(16(3)27)13-21(28)18(14-25-4)12-17-8-6-5-7-9-17/h5-9,15-16,18-20,25,27H,10-14,24H2,1-4H3,(H,26,30)/t16-,18?,19-,20-/m0/s1. The number of aliphatic hydroxyl groups excluding tert-OH is 1. The number of nitrogens with one attached hydrogen (secondary N) is 2. The summed E-state index contributed by atoms with van der Waals surface area (Å²) >= 11 is 0. The van der Waals surface area contributed by atoms with E-state index in [-0.39, 0.29) is 36.4 Å². The Hall–Kier alpha value is -2.09. The number of benzene rings is 1. The molecule has 0 heterocycles.